The Labute approximate surface area is 186 Å². The van der Waals surface area contributed by atoms with Crippen LogP contribution >= 0.6 is 55.1 Å². The second kappa shape index (κ2) is 10.6. The SMILES string of the molecule is C[Si](C)(C)CNC(=O)c1ccc(Br)c(Cl)c1.O=C(O)c1ccc(Br)c(Cl)c1. The number of amides is 1. The van der Waals surface area contributed by atoms with Crippen LogP contribution in [0.25, 0.3) is 0 Å². The molecule has 0 aliphatic heterocycles. The Hall–Kier alpha value is -0.863. The van der Waals surface area contributed by atoms with E-state index in [9.17, 15) is 9.59 Å². The smallest absolute Gasteiger partial charge is 0.335 e. The molecule has 0 aliphatic rings. The molecule has 0 bridgehead atoms. The number of carbonyl (C=O) groups is 2. The summed E-state index contributed by atoms with van der Waals surface area (Å²) >= 11 is 18.0. The highest BCUT2D eigenvalue weighted by atomic mass is 79.9. The van der Waals surface area contributed by atoms with Crippen LogP contribution in [0.5, 0.6) is 0 Å². The second-order valence-electron chi connectivity index (χ2n) is 6.81. The quantitative estimate of drug-likeness (QED) is 0.423. The number of carbonyl (C=O) groups excluding carboxylic acids is 1. The molecule has 0 saturated heterocycles. The minimum absolute atomic E-state index is 0.0585. The van der Waals surface area contributed by atoms with E-state index in [-0.39, 0.29) is 11.5 Å². The third kappa shape index (κ3) is 8.79. The van der Waals surface area contributed by atoms with Crippen LogP contribution in [0, 0.1) is 0 Å². The Morgan fingerprint density at radius 1 is 0.963 bits per heavy atom. The number of aromatic carboxylic acids is 1. The van der Waals surface area contributed by atoms with Crippen molar-refractivity contribution < 1.29 is 14.7 Å². The van der Waals surface area contributed by atoms with Crippen molar-refractivity contribution in [1.82, 2.24) is 5.32 Å². The van der Waals surface area contributed by atoms with Crippen molar-refractivity contribution in [2.24, 2.45) is 0 Å². The maximum atomic E-state index is 11.8. The number of hydrogen-bond donors (Lipinski definition) is 2. The van der Waals surface area contributed by atoms with Crippen molar-refractivity contribution in [2.45, 2.75) is 19.6 Å². The lowest BCUT2D eigenvalue weighted by Gasteiger charge is -2.16. The molecular weight excluding hydrogens is 537 g/mol. The average Bonchev–Trinajstić information content (AvgIpc) is 2.57. The van der Waals surface area contributed by atoms with E-state index in [0.29, 0.717) is 20.1 Å². The van der Waals surface area contributed by atoms with E-state index in [1.54, 1.807) is 24.3 Å². The van der Waals surface area contributed by atoms with E-state index >= 15 is 0 Å². The standard InChI is InChI=1S/C11H15BrClNOSi.C7H4BrClO2/c1-16(2,3)7-14-11(15)8-4-5-9(12)10(13)6-8;8-5-2-1-4(7(10)11)3-6(5)9/h4-6H,7H2,1-3H3,(H,14,15);1-3H,(H,10,11). The number of carboxylic acids is 1. The van der Waals surface area contributed by atoms with Crippen LogP contribution < -0.4 is 5.32 Å². The minimum atomic E-state index is -1.25. The highest BCUT2D eigenvalue weighted by molar-refractivity contribution is 9.10. The molecule has 27 heavy (non-hydrogen) atoms. The van der Waals surface area contributed by atoms with Gasteiger partial charge in [-0.3, -0.25) is 4.79 Å². The van der Waals surface area contributed by atoms with Crippen molar-refractivity contribution in [3.63, 3.8) is 0 Å². The van der Waals surface area contributed by atoms with Gasteiger partial charge in [-0.25, -0.2) is 4.79 Å². The van der Waals surface area contributed by atoms with Gasteiger partial charge in [0.05, 0.1) is 23.7 Å². The molecule has 0 spiro atoms. The Kier molecular flexibility index (Phi) is 9.51. The molecule has 2 N–H and O–H groups in total. The van der Waals surface area contributed by atoms with Crippen molar-refractivity contribution in [3.8, 4) is 0 Å². The predicted molar refractivity (Wildman–Crippen MR) is 121 cm³/mol. The molecule has 0 radical (unpaired) electrons. The average molecular weight is 556 g/mol. The molecule has 4 nitrogen and oxygen atoms in total. The lowest BCUT2D eigenvalue weighted by atomic mass is 10.2. The molecule has 0 fully saturated rings. The molecular formula is C18H19Br2Cl2NO3Si. The fraction of sp³-hybridized carbons (Fsp3) is 0.222. The Morgan fingerprint density at radius 2 is 1.41 bits per heavy atom. The van der Waals surface area contributed by atoms with Crippen LogP contribution in [0.3, 0.4) is 0 Å². The maximum Gasteiger partial charge on any atom is 0.335 e. The van der Waals surface area contributed by atoms with Gasteiger partial charge >= 0.3 is 5.97 Å². The van der Waals surface area contributed by atoms with E-state index in [1.807, 2.05) is 0 Å². The zero-order valence-electron chi connectivity index (χ0n) is 14.9. The van der Waals surface area contributed by atoms with Crippen LogP contribution in [-0.4, -0.2) is 31.2 Å². The molecule has 0 unspecified atom stereocenters. The molecule has 0 aromatic heterocycles. The van der Waals surface area contributed by atoms with Gasteiger partial charge in [0.1, 0.15) is 0 Å². The summed E-state index contributed by atoms with van der Waals surface area (Å²) in [6, 6.07) is 9.70. The highest BCUT2D eigenvalue weighted by Crippen LogP contribution is 2.23. The lowest BCUT2D eigenvalue weighted by Crippen LogP contribution is -2.39. The number of halogens is 4. The summed E-state index contributed by atoms with van der Waals surface area (Å²) in [5, 5.41) is 12.4. The first-order valence-electron chi connectivity index (χ1n) is 7.82. The van der Waals surface area contributed by atoms with E-state index in [4.69, 9.17) is 28.3 Å². The van der Waals surface area contributed by atoms with Crippen molar-refractivity contribution in [2.75, 3.05) is 6.17 Å². The van der Waals surface area contributed by atoms with Gasteiger partial charge in [0.15, 0.2) is 0 Å². The first-order valence-corrected chi connectivity index (χ1v) is 13.9. The normalized spacial score (nSPS) is 10.6. The first-order chi connectivity index (χ1) is 12.4. The molecule has 2 aromatic rings. The fourth-order valence-corrected chi connectivity index (χ4v) is 3.26. The molecule has 2 aromatic carbocycles. The maximum absolute atomic E-state index is 11.8. The summed E-state index contributed by atoms with van der Waals surface area (Å²) in [6.07, 6.45) is 0.777. The van der Waals surface area contributed by atoms with Crippen LogP contribution in [0.2, 0.25) is 29.7 Å². The largest absolute Gasteiger partial charge is 0.478 e. The number of rotatable bonds is 4. The third-order valence-electron chi connectivity index (χ3n) is 3.13. The lowest BCUT2D eigenvalue weighted by molar-refractivity contribution is 0.0696. The molecule has 2 rings (SSSR count). The predicted octanol–water partition coefficient (Wildman–Crippen LogP) is 6.51. The van der Waals surface area contributed by atoms with Gasteiger partial charge in [-0.2, -0.15) is 0 Å². The topological polar surface area (TPSA) is 66.4 Å². The molecule has 0 aliphatic carbocycles. The summed E-state index contributed by atoms with van der Waals surface area (Å²) in [4.78, 5) is 22.2. The van der Waals surface area contributed by atoms with Crippen LogP contribution in [0.4, 0.5) is 0 Å². The highest BCUT2D eigenvalue weighted by Gasteiger charge is 2.15. The summed E-state index contributed by atoms with van der Waals surface area (Å²) in [7, 11) is -1.25. The Balaban J connectivity index is 0.000000289. The van der Waals surface area contributed by atoms with Gasteiger partial charge in [-0.15, -0.1) is 0 Å². The number of carboxylic acid groups (broad SMARTS) is 1. The fourth-order valence-electron chi connectivity index (χ4n) is 1.71. The Morgan fingerprint density at radius 3 is 1.81 bits per heavy atom. The van der Waals surface area contributed by atoms with Gasteiger partial charge < -0.3 is 10.4 Å². The summed E-state index contributed by atoms with van der Waals surface area (Å²) in [5.41, 5.74) is 0.796. The summed E-state index contributed by atoms with van der Waals surface area (Å²) in [6.45, 7) is 6.63. The molecule has 146 valence electrons. The number of hydrogen-bond acceptors (Lipinski definition) is 2. The molecule has 0 atom stereocenters. The second-order valence-corrected chi connectivity index (χ2v) is 14.8. The van der Waals surface area contributed by atoms with E-state index in [0.717, 1.165) is 10.6 Å². The van der Waals surface area contributed by atoms with Gasteiger partial charge in [0.2, 0.25) is 0 Å². The molecule has 9 heteroatoms. The zero-order chi connectivity index (χ0) is 20.8. The van der Waals surface area contributed by atoms with Crippen molar-refractivity contribution >= 4 is 75.0 Å². The van der Waals surface area contributed by atoms with Crippen LogP contribution in [-0.2, 0) is 0 Å². The Bertz CT molecular complexity index is 842. The molecule has 0 saturated carbocycles. The van der Waals surface area contributed by atoms with E-state index in [1.165, 1.54) is 12.1 Å². The summed E-state index contributed by atoms with van der Waals surface area (Å²) < 4.78 is 1.50. The van der Waals surface area contributed by atoms with E-state index in [2.05, 4.69) is 56.8 Å². The molecule has 0 heterocycles. The van der Waals surface area contributed by atoms with E-state index < -0.39 is 14.0 Å². The monoisotopic (exact) mass is 553 g/mol. The van der Waals surface area contributed by atoms with Gasteiger partial charge in [-0.05, 0) is 68.3 Å². The first kappa shape index (κ1) is 24.2. The molecule has 1 amide bonds. The number of benzene rings is 2. The third-order valence-corrected chi connectivity index (χ3v) is 6.83. The number of nitrogens with one attached hydrogen (secondary N) is 1. The van der Waals surface area contributed by atoms with Gasteiger partial charge in [0.25, 0.3) is 5.91 Å². The zero-order valence-corrected chi connectivity index (χ0v) is 20.6. The van der Waals surface area contributed by atoms with Crippen LogP contribution in [0.1, 0.15) is 20.7 Å². The van der Waals surface area contributed by atoms with Gasteiger partial charge in [-0.1, -0.05) is 42.8 Å². The van der Waals surface area contributed by atoms with Crippen LogP contribution in [0.15, 0.2) is 45.3 Å². The van der Waals surface area contributed by atoms with Crippen molar-refractivity contribution in [1.29, 1.82) is 0 Å². The minimum Gasteiger partial charge on any atom is -0.478 e. The van der Waals surface area contributed by atoms with Crippen molar-refractivity contribution in [3.05, 3.63) is 66.5 Å². The van der Waals surface area contributed by atoms with Gasteiger partial charge in [0, 0.05) is 20.7 Å². The summed E-state index contributed by atoms with van der Waals surface area (Å²) in [5.74, 6) is -1.03.